The Kier molecular flexibility index (Phi) is 5.49. The zero-order valence-corrected chi connectivity index (χ0v) is 13.2. The van der Waals surface area contributed by atoms with Crippen LogP contribution in [0.1, 0.15) is 11.1 Å². The van der Waals surface area contributed by atoms with Crippen LogP contribution in [-0.2, 0) is 11.3 Å². The van der Waals surface area contributed by atoms with E-state index in [1.807, 2.05) is 12.1 Å². The first-order chi connectivity index (χ1) is 11.0. The lowest BCUT2D eigenvalue weighted by molar-refractivity contribution is -0.384. The minimum Gasteiger partial charge on any atom is -0.338 e. The van der Waals surface area contributed by atoms with Crippen molar-refractivity contribution in [2.24, 2.45) is 0 Å². The summed E-state index contributed by atoms with van der Waals surface area (Å²) in [5, 5.41) is 11.3. The average molecular weight is 331 g/mol. The highest BCUT2D eigenvalue weighted by atomic mass is 35.5. The third-order valence-electron chi connectivity index (χ3n) is 3.18. The van der Waals surface area contributed by atoms with Crippen molar-refractivity contribution in [1.29, 1.82) is 0 Å². The lowest BCUT2D eigenvalue weighted by Crippen LogP contribution is -2.24. The average Bonchev–Trinajstić information content (AvgIpc) is 2.52. The summed E-state index contributed by atoms with van der Waals surface area (Å²) in [6.45, 7) is 0.429. The quantitative estimate of drug-likeness (QED) is 0.474. The van der Waals surface area contributed by atoms with Gasteiger partial charge in [-0.05, 0) is 29.3 Å². The summed E-state index contributed by atoms with van der Waals surface area (Å²) in [7, 11) is 1.68. The molecule has 0 bridgehead atoms. The lowest BCUT2D eigenvalue weighted by atomic mass is 10.2. The second-order valence-corrected chi connectivity index (χ2v) is 5.45. The van der Waals surface area contributed by atoms with Crippen molar-refractivity contribution in [1.82, 2.24) is 4.90 Å². The molecule has 0 radical (unpaired) electrons. The molecule has 2 aromatic rings. The zero-order valence-electron chi connectivity index (χ0n) is 12.5. The van der Waals surface area contributed by atoms with E-state index in [2.05, 4.69) is 0 Å². The molecule has 0 fully saturated rings. The van der Waals surface area contributed by atoms with Crippen LogP contribution in [0.15, 0.2) is 54.6 Å². The summed E-state index contributed by atoms with van der Waals surface area (Å²) in [5.41, 5.74) is 1.52. The first-order valence-corrected chi connectivity index (χ1v) is 7.25. The Morgan fingerprint density at radius 1 is 1.26 bits per heavy atom. The molecule has 6 heteroatoms. The molecule has 0 atom stereocenters. The molecule has 0 saturated carbocycles. The van der Waals surface area contributed by atoms with Crippen LogP contribution in [0.5, 0.6) is 0 Å². The Hall–Kier alpha value is -2.66. The van der Waals surface area contributed by atoms with E-state index in [4.69, 9.17) is 11.6 Å². The van der Waals surface area contributed by atoms with Crippen molar-refractivity contribution in [3.63, 3.8) is 0 Å². The molecule has 0 aromatic heterocycles. The normalized spacial score (nSPS) is 10.7. The molecule has 0 heterocycles. The van der Waals surface area contributed by atoms with Gasteiger partial charge >= 0.3 is 0 Å². The molecule has 23 heavy (non-hydrogen) atoms. The van der Waals surface area contributed by atoms with Gasteiger partial charge in [-0.15, -0.1) is 0 Å². The van der Waals surface area contributed by atoms with Crippen molar-refractivity contribution in [2.45, 2.75) is 6.54 Å². The first kappa shape index (κ1) is 16.7. The number of carbonyl (C=O) groups is 1. The molecule has 0 aliphatic rings. The first-order valence-electron chi connectivity index (χ1n) is 6.88. The van der Waals surface area contributed by atoms with Gasteiger partial charge in [-0.1, -0.05) is 35.9 Å². The molecule has 0 saturated heterocycles. The largest absolute Gasteiger partial charge is 0.338 e. The number of likely N-dealkylation sites (N-methyl/N-ethyl adjacent to an activating group) is 1. The van der Waals surface area contributed by atoms with Gasteiger partial charge in [0, 0.05) is 36.8 Å². The summed E-state index contributed by atoms with van der Waals surface area (Å²) >= 11 is 5.92. The van der Waals surface area contributed by atoms with Crippen LogP contribution in [0.2, 0.25) is 5.02 Å². The standard InChI is InChI=1S/C17H15ClN2O3/c1-19(12-14-5-2-6-15(18)10-14)17(21)9-8-13-4-3-7-16(11-13)20(22)23/h2-11H,12H2,1H3. The lowest BCUT2D eigenvalue weighted by Gasteiger charge is -2.15. The van der Waals surface area contributed by atoms with Crippen LogP contribution in [0.25, 0.3) is 6.08 Å². The molecule has 5 nitrogen and oxygen atoms in total. The van der Waals surface area contributed by atoms with Gasteiger partial charge in [-0.25, -0.2) is 0 Å². The summed E-state index contributed by atoms with van der Waals surface area (Å²) in [5.74, 6) is -0.198. The predicted molar refractivity (Wildman–Crippen MR) is 90.1 cm³/mol. The molecular weight excluding hydrogens is 316 g/mol. The van der Waals surface area contributed by atoms with Crippen molar-refractivity contribution in [3.05, 3.63) is 80.9 Å². The molecule has 0 N–H and O–H groups in total. The minimum absolute atomic E-state index is 0.00752. The fourth-order valence-electron chi connectivity index (χ4n) is 2.02. The maximum absolute atomic E-state index is 12.1. The number of hydrogen-bond acceptors (Lipinski definition) is 3. The van der Waals surface area contributed by atoms with Crippen LogP contribution < -0.4 is 0 Å². The number of hydrogen-bond donors (Lipinski definition) is 0. The molecule has 0 unspecified atom stereocenters. The van der Waals surface area contributed by atoms with Crippen LogP contribution in [0.4, 0.5) is 5.69 Å². The van der Waals surface area contributed by atoms with E-state index in [9.17, 15) is 14.9 Å². The SMILES string of the molecule is CN(Cc1cccc(Cl)c1)C(=O)C=Cc1cccc([N+](=O)[O-])c1. The number of nitro groups is 1. The molecule has 0 spiro atoms. The fourth-order valence-corrected chi connectivity index (χ4v) is 2.24. The van der Waals surface area contributed by atoms with E-state index in [0.29, 0.717) is 17.1 Å². The predicted octanol–water partition coefficient (Wildman–Crippen LogP) is 3.92. The van der Waals surface area contributed by atoms with Crippen molar-refractivity contribution < 1.29 is 9.72 Å². The smallest absolute Gasteiger partial charge is 0.270 e. The maximum atomic E-state index is 12.1. The van der Waals surface area contributed by atoms with Gasteiger partial charge in [0.2, 0.25) is 5.91 Å². The summed E-state index contributed by atoms with van der Waals surface area (Å²) in [6.07, 6.45) is 2.95. The molecule has 2 rings (SSSR count). The monoisotopic (exact) mass is 330 g/mol. The number of halogens is 1. The van der Waals surface area contributed by atoms with Crippen molar-refractivity contribution in [3.8, 4) is 0 Å². The number of nitro benzene ring substituents is 1. The Balaban J connectivity index is 2.03. The highest BCUT2D eigenvalue weighted by molar-refractivity contribution is 6.30. The van der Waals surface area contributed by atoms with Gasteiger partial charge in [-0.2, -0.15) is 0 Å². The van der Waals surface area contributed by atoms with Gasteiger partial charge in [0.1, 0.15) is 0 Å². The van der Waals surface area contributed by atoms with Gasteiger partial charge in [0.05, 0.1) is 4.92 Å². The Bertz CT molecular complexity index is 759. The van der Waals surface area contributed by atoms with E-state index in [1.54, 1.807) is 42.3 Å². The number of non-ortho nitro benzene ring substituents is 1. The van der Waals surface area contributed by atoms with Crippen LogP contribution in [0.3, 0.4) is 0 Å². The van der Waals surface area contributed by atoms with E-state index in [-0.39, 0.29) is 11.6 Å². The molecule has 0 aliphatic carbocycles. The fraction of sp³-hybridized carbons (Fsp3) is 0.118. The molecule has 118 valence electrons. The third kappa shape index (κ3) is 4.93. The number of benzene rings is 2. The molecule has 2 aromatic carbocycles. The Morgan fingerprint density at radius 3 is 2.70 bits per heavy atom. The maximum Gasteiger partial charge on any atom is 0.270 e. The second kappa shape index (κ2) is 7.56. The Labute approximate surface area is 139 Å². The van der Waals surface area contributed by atoms with Crippen LogP contribution in [0, 0.1) is 10.1 Å². The van der Waals surface area contributed by atoms with Gasteiger partial charge in [0.25, 0.3) is 5.69 Å². The molecule has 0 aliphatic heterocycles. The van der Waals surface area contributed by atoms with E-state index in [0.717, 1.165) is 5.56 Å². The topological polar surface area (TPSA) is 63.5 Å². The summed E-state index contributed by atoms with van der Waals surface area (Å²) < 4.78 is 0. The van der Waals surface area contributed by atoms with Gasteiger partial charge in [-0.3, -0.25) is 14.9 Å². The summed E-state index contributed by atoms with van der Waals surface area (Å²) in [4.78, 5) is 23.9. The summed E-state index contributed by atoms with van der Waals surface area (Å²) in [6, 6.07) is 13.4. The van der Waals surface area contributed by atoms with E-state index in [1.165, 1.54) is 18.2 Å². The van der Waals surface area contributed by atoms with E-state index < -0.39 is 4.92 Å². The number of carbonyl (C=O) groups excluding carboxylic acids is 1. The van der Waals surface area contributed by atoms with Crippen LogP contribution in [-0.4, -0.2) is 22.8 Å². The number of rotatable bonds is 5. The minimum atomic E-state index is -0.468. The van der Waals surface area contributed by atoms with Crippen molar-refractivity contribution >= 4 is 29.3 Å². The third-order valence-corrected chi connectivity index (χ3v) is 3.42. The Morgan fingerprint density at radius 2 is 2.00 bits per heavy atom. The molecule has 1 amide bonds. The van der Waals surface area contributed by atoms with Gasteiger partial charge in [0.15, 0.2) is 0 Å². The van der Waals surface area contributed by atoms with Crippen molar-refractivity contribution in [2.75, 3.05) is 7.05 Å². The highest BCUT2D eigenvalue weighted by Gasteiger charge is 2.07. The number of amides is 1. The zero-order chi connectivity index (χ0) is 16.8. The highest BCUT2D eigenvalue weighted by Crippen LogP contribution is 2.15. The molecular formula is C17H15ClN2O3. The van der Waals surface area contributed by atoms with Gasteiger partial charge < -0.3 is 4.90 Å². The second-order valence-electron chi connectivity index (χ2n) is 5.01. The number of nitrogens with zero attached hydrogens (tertiary/aromatic N) is 2. The van der Waals surface area contributed by atoms with Crippen LogP contribution >= 0.6 is 11.6 Å². The van der Waals surface area contributed by atoms with E-state index >= 15 is 0 Å².